The SMILES string of the molecule is CS(=O)(=O)NC(=O)C1COc2cc(OCc3ccc(Cl)cc3Cl)ccc21. The number of halogens is 2. The Morgan fingerprint density at radius 3 is 2.73 bits per heavy atom. The first kappa shape index (κ1) is 18.8. The lowest BCUT2D eigenvalue weighted by Gasteiger charge is -2.10. The van der Waals surface area contributed by atoms with Crippen LogP contribution in [0.15, 0.2) is 36.4 Å². The average molecular weight is 416 g/mol. The number of fused-ring (bicyclic) bond motifs is 1. The standard InChI is InChI=1S/C17H15Cl2NO5S/c1-26(22,23)20-17(21)14-9-25-16-7-12(4-5-13(14)16)24-8-10-2-3-11(18)6-15(10)19/h2-7,14H,8-9H2,1H3,(H,20,21). The zero-order valence-corrected chi connectivity index (χ0v) is 16.0. The molecule has 0 radical (unpaired) electrons. The Kier molecular flexibility index (Phi) is 5.32. The molecule has 0 bridgehead atoms. The van der Waals surface area contributed by atoms with Crippen LogP contribution in [0.25, 0.3) is 0 Å². The summed E-state index contributed by atoms with van der Waals surface area (Å²) < 4.78 is 35.6. The molecule has 0 saturated heterocycles. The van der Waals surface area contributed by atoms with Crippen molar-refractivity contribution < 1.29 is 22.7 Å². The third kappa shape index (κ3) is 4.41. The molecule has 138 valence electrons. The lowest BCUT2D eigenvalue weighted by Crippen LogP contribution is -2.34. The summed E-state index contributed by atoms with van der Waals surface area (Å²) >= 11 is 12.0. The third-order valence-electron chi connectivity index (χ3n) is 3.78. The van der Waals surface area contributed by atoms with Gasteiger partial charge in [0.25, 0.3) is 0 Å². The lowest BCUT2D eigenvalue weighted by atomic mass is 10.0. The second kappa shape index (κ2) is 7.34. The highest BCUT2D eigenvalue weighted by Gasteiger charge is 2.32. The highest BCUT2D eigenvalue weighted by Crippen LogP contribution is 2.37. The Morgan fingerprint density at radius 1 is 1.27 bits per heavy atom. The maximum Gasteiger partial charge on any atom is 0.244 e. The Hall–Kier alpha value is -1.96. The van der Waals surface area contributed by atoms with Crippen molar-refractivity contribution in [3.05, 3.63) is 57.6 Å². The van der Waals surface area contributed by atoms with Crippen molar-refractivity contribution in [2.24, 2.45) is 0 Å². The molecule has 2 aromatic rings. The number of ether oxygens (including phenoxy) is 2. The van der Waals surface area contributed by atoms with E-state index in [1.807, 2.05) is 4.72 Å². The highest BCUT2D eigenvalue weighted by atomic mass is 35.5. The van der Waals surface area contributed by atoms with E-state index in [-0.39, 0.29) is 13.2 Å². The largest absolute Gasteiger partial charge is 0.492 e. The van der Waals surface area contributed by atoms with Gasteiger partial charge in [-0.1, -0.05) is 35.3 Å². The van der Waals surface area contributed by atoms with E-state index < -0.39 is 21.8 Å². The quantitative estimate of drug-likeness (QED) is 0.810. The maximum atomic E-state index is 12.1. The predicted molar refractivity (Wildman–Crippen MR) is 98.5 cm³/mol. The summed E-state index contributed by atoms with van der Waals surface area (Å²) in [6, 6.07) is 10.2. The molecular weight excluding hydrogens is 401 g/mol. The molecule has 0 aromatic heterocycles. The van der Waals surface area contributed by atoms with Crippen molar-refractivity contribution in [3.8, 4) is 11.5 Å². The van der Waals surface area contributed by atoms with Crippen LogP contribution in [0.2, 0.25) is 10.0 Å². The van der Waals surface area contributed by atoms with Crippen molar-refractivity contribution >= 4 is 39.1 Å². The zero-order valence-electron chi connectivity index (χ0n) is 13.7. The first-order valence-electron chi connectivity index (χ1n) is 7.58. The van der Waals surface area contributed by atoms with Crippen molar-refractivity contribution in [3.63, 3.8) is 0 Å². The van der Waals surface area contributed by atoms with E-state index in [0.717, 1.165) is 11.8 Å². The van der Waals surface area contributed by atoms with Crippen LogP contribution in [0.4, 0.5) is 0 Å². The van der Waals surface area contributed by atoms with Crippen LogP contribution in [0.5, 0.6) is 11.5 Å². The van der Waals surface area contributed by atoms with E-state index in [0.29, 0.717) is 27.1 Å². The van der Waals surface area contributed by atoms with Gasteiger partial charge in [-0.2, -0.15) is 0 Å². The second-order valence-electron chi connectivity index (χ2n) is 5.83. The van der Waals surface area contributed by atoms with Gasteiger partial charge in [0, 0.05) is 27.2 Å². The molecule has 1 aliphatic rings. The summed E-state index contributed by atoms with van der Waals surface area (Å²) in [7, 11) is -3.62. The van der Waals surface area contributed by atoms with Gasteiger partial charge >= 0.3 is 0 Å². The molecule has 0 fully saturated rings. The van der Waals surface area contributed by atoms with Crippen LogP contribution in [-0.2, 0) is 21.4 Å². The van der Waals surface area contributed by atoms with Gasteiger partial charge in [0.05, 0.1) is 6.26 Å². The van der Waals surface area contributed by atoms with Gasteiger partial charge in [0.1, 0.15) is 30.6 Å². The van der Waals surface area contributed by atoms with Gasteiger partial charge in [-0.05, 0) is 18.2 Å². The van der Waals surface area contributed by atoms with E-state index in [1.54, 1.807) is 36.4 Å². The van der Waals surface area contributed by atoms with E-state index in [2.05, 4.69) is 0 Å². The summed E-state index contributed by atoms with van der Waals surface area (Å²) in [6.45, 7) is 0.315. The van der Waals surface area contributed by atoms with E-state index in [4.69, 9.17) is 32.7 Å². The number of sulfonamides is 1. The van der Waals surface area contributed by atoms with Gasteiger partial charge in [0.2, 0.25) is 15.9 Å². The van der Waals surface area contributed by atoms with Gasteiger partial charge in [-0.3, -0.25) is 9.52 Å². The minimum absolute atomic E-state index is 0.0726. The van der Waals surface area contributed by atoms with Gasteiger partial charge in [0.15, 0.2) is 0 Å². The van der Waals surface area contributed by atoms with Gasteiger partial charge in [-0.15, -0.1) is 0 Å². The molecule has 1 atom stereocenters. The fourth-order valence-electron chi connectivity index (χ4n) is 2.55. The van der Waals surface area contributed by atoms with Crippen molar-refractivity contribution in [2.45, 2.75) is 12.5 Å². The molecule has 6 nitrogen and oxygen atoms in total. The molecule has 1 aliphatic heterocycles. The molecule has 1 N–H and O–H groups in total. The number of carbonyl (C=O) groups is 1. The van der Waals surface area contributed by atoms with Crippen LogP contribution < -0.4 is 14.2 Å². The van der Waals surface area contributed by atoms with Crippen LogP contribution in [-0.4, -0.2) is 27.2 Å². The Bertz CT molecular complexity index is 962. The molecular formula is C17H15Cl2NO5S. The van der Waals surface area contributed by atoms with Crippen LogP contribution in [0, 0.1) is 0 Å². The number of hydrogen-bond acceptors (Lipinski definition) is 5. The third-order valence-corrected chi connectivity index (χ3v) is 4.94. The number of amides is 1. The normalized spacial score (nSPS) is 15.9. The van der Waals surface area contributed by atoms with E-state index in [1.165, 1.54) is 0 Å². The number of nitrogens with one attached hydrogen (secondary N) is 1. The monoisotopic (exact) mass is 415 g/mol. The summed E-state index contributed by atoms with van der Waals surface area (Å²) in [5.41, 5.74) is 1.39. The number of rotatable bonds is 5. The Morgan fingerprint density at radius 2 is 2.04 bits per heavy atom. The molecule has 0 aliphatic carbocycles. The van der Waals surface area contributed by atoms with Gasteiger partial charge < -0.3 is 9.47 Å². The summed E-state index contributed by atoms with van der Waals surface area (Å²) in [5.74, 6) is -0.273. The molecule has 0 saturated carbocycles. The van der Waals surface area contributed by atoms with Gasteiger partial charge in [-0.25, -0.2) is 8.42 Å². The second-order valence-corrected chi connectivity index (χ2v) is 8.42. The minimum atomic E-state index is -3.62. The summed E-state index contributed by atoms with van der Waals surface area (Å²) in [4.78, 5) is 12.1. The summed E-state index contributed by atoms with van der Waals surface area (Å²) in [6.07, 6.45) is 0.931. The minimum Gasteiger partial charge on any atom is -0.492 e. The number of benzene rings is 2. The summed E-state index contributed by atoms with van der Waals surface area (Å²) in [5, 5.41) is 1.05. The molecule has 0 spiro atoms. The van der Waals surface area contributed by atoms with Crippen LogP contribution >= 0.6 is 23.2 Å². The first-order chi connectivity index (χ1) is 12.2. The molecule has 9 heteroatoms. The number of hydrogen-bond donors (Lipinski definition) is 1. The van der Waals surface area contributed by atoms with Crippen molar-refractivity contribution in [1.82, 2.24) is 4.72 Å². The topological polar surface area (TPSA) is 81.7 Å². The maximum absolute atomic E-state index is 12.1. The molecule has 1 amide bonds. The first-order valence-corrected chi connectivity index (χ1v) is 10.2. The highest BCUT2D eigenvalue weighted by molar-refractivity contribution is 7.89. The fourth-order valence-corrected chi connectivity index (χ4v) is 3.52. The molecule has 3 rings (SSSR count). The molecule has 26 heavy (non-hydrogen) atoms. The van der Waals surface area contributed by atoms with Crippen LogP contribution in [0.3, 0.4) is 0 Å². The van der Waals surface area contributed by atoms with E-state index >= 15 is 0 Å². The lowest BCUT2D eigenvalue weighted by molar-refractivity contribution is -0.120. The predicted octanol–water partition coefficient (Wildman–Crippen LogP) is 3.12. The van der Waals surface area contributed by atoms with Crippen molar-refractivity contribution in [1.29, 1.82) is 0 Å². The molecule has 2 aromatic carbocycles. The molecule has 1 heterocycles. The zero-order chi connectivity index (χ0) is 18.9. The average Bonchev–Trinajstić information content (AvgIpc) is 2.95. The Labute approximate surface area is 161 Å². The Balaban J connectivity index is 1.71. The molecule has 1 unspecified atom stereocenters. The fraction of sp³-hybridized carbons (Fsp3) is 0.235. The smallest absolute Gasteiger partial charge is 0.244 e. The van der Waals surface area contributed by atoms with Crippen LogP contribution in [0.1, 0.15) is 17.0 Å². The van der Waals surface area contributed by atoms with Crippen molar-refractivity contribution in [2.75, 3.05) is 12.9 Å². The van der Waals surface area contributed by atoms with E-state index in [9.17, 15) is 13.2 Å². The number of carbonyl (C=O) groups excluding carboxylic acids is 1.